The van der Waals surface area contributed by atoms with Crippen molar-refractivity contribution in [2.45, 2.75) is 30.4 Å². The molecule has 9 nitrogen and oxygen atoms in total. The van der Waals surface area contributed by atoms with Crippen LogP contribution < -0.4 is 20.3 Å². The number of para-hydroxylation sites is 3. The molecule has 0 radical (unpaired) electrons. The van der Waals surface area contributed by atoms with E-state index in [0.717, 1.165) is 3.97 Å². The highest BCUT2D eigenvalue weighted by Gasteiger charge is 2.35. The van der Waals surface area contributed by atoms with Gasteiger partial charge in [-0.1, -0.05) is 60.1 Å². The molecule has 2 N–H and O–H groups in total. The molecule has 2 amide bonds. The van der Waals surface area contributed by atoms with Crippen LogP contribution in [0.4, 0.5) is 5.69 Å². The normalized spacial score (nSPS) is 16.3. The third kappa shape index (κ3) is 4.87. The van der Waals surface area contributed by atoms with Crippen molar-refractivity contribution >= 4 is 50.0 Å². The van der Waals surface area contributed by atoms with Crippen molar-refractivity contribution in [2.24, 2.45) is 0 Å². The lowest BCUT2D eigenvalue weighted by atomic mass is 10.1. The van der Waals surface area contributed by atoms with E-state index in [1.54, 1.807) is 80.7 Å². The van der Waals surface area contributed by atoms with Crippen molar-refractivity contribution in [1.29, 1.82) is 0 Å². The number of carbonyl (C=O) groups is 2. The van der Waals surface area contributed by atoms with Crippen LogP contribution in [0.5, 0.6) is 5.75 Å². The van der Waals surface area contributed by atoms with Gasteiger partial charge in [0, 0.05) is 10.9 Å². The number of halogens is 1. The number of likely N-dealkylation sites (N-methyl/N-ethyl adjacent to an activating group) is 1. The summed E-state index contributed by atoms with van der Waals surface area (Å²) in [5.41, 5.74) is 1.33. The van der Waals surface area contributed by atoms with Crippen LogP contribution in [-0.2, 0) is 26.2 Å². The van der Waals surface area contributed by atoms with Gasteiger partial charge in [-0.2, -0.15) is 0 Å². The molecule has 0 saturated heterocycles. The molecule has 39 heavy (non-hydrogen) atoms. The van der Waals surface area contributed by atoms with Gasteiger partial charge in [-0.05, 0) is 44.3 Å². The summed E-state index contributed by atoms with van der Waals surface area (Å²) in [4.78, 5) is 28.1. The van der Waals surface area contributed by atoms with Crippen LogP contribution in [0.15, 0.2) is 83.8 Å². The number of amides is 2. The Morgan fingerprint density at radius 1 is 1.05 bits per heavy atom. The SMILES string of the molecule is CN[C@@H](C)C(=O)N[C@H]1COc2ccccc2N(Cc2c(Cl)n(S(=O)(=O)c3ccccc3)c3ccccc23)C1=O. The summed E-state index contributed by atoms with van der Waals surface area (Å²) in [5.74, 6) is -0.301. The van der Waals surface area contributed by atoms with Crippen LogP contribution in [0.2, 0.25) is 5.15 Å². The zero-order valence-corrected chi connectivity index (χ0v) is 22.9. The molecule has 202 valence electrons. The Hall–Kier alpha value is -3.86. The van der Waals surface area contributed by atoms with Gasteiger partial charge in [0.1, 0.15) is 23.6 Å². The van der Waals surface area contributed by atoms with Crippen LogP contribution in [0.3, 0.4) is 0 Å². The summed E-state index contributed by atoms with van der Waals surface area (Å²) in [6, 6.07) is 20.5. The molecular weight excluding hydrogens is 540 g/mol. The number of ether oxygens (including phenoxy) is 1. The van der Waals surface area contributed by atoms with Crippen molar-refractivity contribution in [1.82, 2.24) is 14.6 Å². The van der Waals surface area contributed by atoms with E-state index < -0.39 is 28.0 Å². The Morgan fingerprint density at radius 3 is 2.46 bits per heavy atom. The van der Waals surface area contributed by atoms with Gasteiger partial charge in [0.05, 0.1) is 28.7 Å². The summed E-state index contributed by atoms with van der Waals surface area (Å²) in [6.07, 6.45) is 0. The second-order valence-electron chi connectivity index (χ2n) is 9.14. The smallest absolute Gasteiger partial charge is 0.269 e. The van der Waals surface area contributed by atoms with Crippen LogP contribution >= 0.6 is 11.6 Å². The summed E-state index contributed by atoms with van der Waals surface area (Å²) >= 11 is 6.84. The first kappa shape index (κ1) is 26.7. The minimum atomic E-state index is -4.04. The van der Waals surface area contributed by atoms with E-state index in [1.165, 1.54) is 17.0 Å². The molecule has 0 unspecified atom stereocenters. The number of anilines is 1. The number of aromatic nitrogens is 1. The van der Waals surface area contributed by atoms with Gasteiger partial charge >= 0.3 is 0 Å². The van der Waals surface area contributed by atoms with E-state index in [1.807, 2.05) is 0 Å². The standard InChI is InChI=1S/C28H27ClN4O5S/c1-18(30-2)27(34)31-22-17-38-25-15-9-8-14-24(25)32(28(22)35)16-21-20-12-6-7-13-23(20)33(26(21)29)39(36,37)19-10-4-3-5-11-19/h3-15,18,22,30H,16-17H2,1-2H3,(H,31,34)/t18-,22-/m0/s1. The lowest BCUT2D eigenvalue weighted by molar-refractivity contribution is -0.129. The van der Waals surface area contributed by atoms with Crippen LogP contribution in [-0.4, -0.2) is 49.9 Å². The topological polar surface area (TPSA) is 110 Å². The van der Waals surface area contributed by atoms with Gasteiger partial charge in [0.25, 0.3) is 15.9 Å². The van der Waals surface area contributed by atoms with Crippen molar-refractivity contribution in [3.05, 3.63) is 89.6 Å². The number of hydrogen-bond acceptors (Lipinski definition) is 6. The van der Waals surface area contributed by atoms with E-state index in [-0.39, 0.29) is 29.1 Å². The van der Waals surface area contributed by atoms with E-state index in [0.29, 0.717) is 27.9 Å². The highest BCUT2D eigenvalue weighted by molar-refractivity contribution is 7.90. The summed E-state index contributed by atoms with van der Waals surface area (Å²) in [7, 11) is -2.39. The van der Waals surface area contributed by atoms with Gasteiger partial charge in [-0.3, -0.25) is 9.59 Å². The number of nitrogens with one attached hydrogen (secondary N) is 2. The summed E-state index contributed by atoms with van der Waals surface area (Å²) < 4.78 is 34.4. The molecule has 0 aliphatic carbocycles. The maximum atomic E-state index is 13.9. The van der Waals surface area contributed by atoms with E-state index in [9.17, 15) is 18.0 Å². The Morgan fingerprint density at radius 2 is 1.72 bits per heavy atom. The predicted octanol–water partition coefficient (Wildman–Crippen LogP) is 3.55. The number of fused-ring (bicyclic) bond motifs is 2. The molecule has 5 rings (SSSR count). The van der Waals surface area contributed by atoms with E-state index in [4.69, 9.17) is 16.3 Å². The number of rotatable bonds is 7. The maximum absolute atomic E-state index is 13.9. The first-order valence-corrected chi connectivity index (χ1v) is 14.1. The molecule has 11 heteroatoms. The summed E-state index contributed by atoms with van der Waals surface area (Å²) in [5, 5.41) is 6.17. The first-order chi connectivity index (χ1) is 18.7. The second kappa shape index (κ2) is 10.7. The molecule has 2 atom stereocenters. The Balaban J connectivity index is 1.62. The molecule has 0 fully saturated rings. The largest absolute Gasteiger partial charge is 0.489 e. The lowest BCUT2D eigenvalue weighted by Gasteiger charge is -2.25. The predicted molar refractivity (Wildman–Crippen MR) is 150 cm³/mol. The first-order valence-electron chi connectivity index (χ1n) is 12.3. The number of nitrogens with zero attached hydrogens (tertiary/aromatic N) is 2. The Kier molecular flexibility index (Phi) is 7.35. The Bertz CT molecular complexity index is 1660. The highest BCUT2D eigenvalue weighted by Crippen LogP contribution is 2.38. The third-order valence-electron chi connectivity index (χ3n) is 6.74. The molecule has 0 spiro atoms. The van der Waals surface area contributed by atoms with Gasteiger partial charge in [0.2, 0.25) is 5.91 Å². The van der Waals surface area contributed by atoms with Gasteiger partial charge in [-0.25, -0.2) is 12.4 Å². The number of benzene rings is 3. The maximum Gasteiger partial charge on any atom is 0.269 e. The molecular formula is C28H27ClN4O5S. The minimum absolute atomic E-state index is 0.0279. The van der Waals surface area contributed by atoms with Gasteiger partial charge in [-0.15, -0.1) is 0 Å². The van der Waals surface area contributed by atoms with Crippen molar-refractivity contribution < 1.29 is 22.7 Å². The zero-order chi connectivity index (χ0) is 27.7. The monoisotopic (exact) mass is 566 g/mol. The lowest BCUT2D eigenvalue weighted by Crippen LogP contribution is -2.53. The van der Waals surface area contributed by atoms with Gasteiger partial charge < -0.3 is 20.3 Å². The summed E-state index contributed by atoms with van der Waals surface area (Å²) in [6.45, 7) is 1.57. The second-order valence-corrected chi connectivity index (χ2v) is 11.3. The molecule has 1 aromatic heterocycles. The van der Waals surface area contributed by atoms with Gasteiger partial charge in [0.15, 0.2) is 0 Å². The van der Waals surface area contributed by atoms with Crippen molar-refractivity contribution in [3.8, 4) is 5.75 Å². The third-order valence-corrected chi connectivity index (χ3v) is 8.97. The molecule has 2 heterocycles. The number of carbonyl (C=O) groups excluding carboxylic acids is 2. The fraction of sp³-hybridized carbons (Fsp3) is 0.214. The quantitative estimate of drug-likeness (QED) is 0.354. The fourth-order valence-electron chi connectivity index (χ4n) is 4.53. The average molecular weight is 567 g/mol. The van der Waals surface area contributed by atoms with Crippen LogP contribution in [0.1, 0.15) is 12.5 Å². The van der Waals surface area contributed by atoms with E-state index in [2.05, 4.69) is 10.6 Å². The Labute approximate surface area is 231 Å². The fourth-order valence-corrected chi connectivity index (χ4v) is 6.51. The molecule has 4 aromatic rings. The van der Waals surface area contributed by atoms with Crippen molar-refractivity contribution in [2.75, 3.05) is 18.6 Å². The molecule has 0 saturated carbocycles. The molecule has 1 aliphatic rings. The zero-order valence-electron chi connectivity index (χ0n) is 21.3. The van der Waals surface area contributed by atoms with Crippen LogP contribution in [0.25, 0.3) is 10.9 Å². The highest BCUT2D eigenvalue weighted by atomic mass is 35.5. The molecule has 0 bridgehead atoms. The molecule has 1 aliphatic heterocycles. The minimum Gasteiger partial charge on any atom is -0.489 e. The van der Waals surface area contributed by atoms with E-state index >= 15 is 0 Å². The van der Waals surface area contributed by atoms with Crippen LogP contribution in [0, 0.1) is 0 Å². The van der Waals surface area contributed by atoms with Crippen molar-refractivity contribution in [3.63, 3.8) is 0 Å². The average Bonchev–Trinajstić information content (AvgIpc) is 3.17. The molecule has 3 aromatic carbocycles. The number of hydrogen-bond donors (Lipinski definition) is 2.